The van der Waals surface area contributed by atoms with Gasteiger partial charge in [-0.05, 0) is 70.3 Å². The van der Waals surface area contributed by atoms with E-state index in [1.807, 2.05) is 24.3 Å². The molecule has 142 valence electrons. The number of benzene rings is 1. The molecular weight excluding hydrogens is 312 g/mol. The third-order valence-electron chi connectivity index (χ3n) is 3.94. The molecule has 1 aromatic carbocycles. The SMILES string of the molecule is CCN(/C(=N\c1ccc(OCCC(C)C)cc1)NCCCN)C(C)C. The van der Waals surface area contributed by atoms with Crippen molar-refractivity contribution in [3.05, 3.63) is 24.3 Å². The molecule has 0 heterocycles. The number of guanidine groups is 1. The van der Waals surface area contributed by atoms with Crippen LogP contribution in [0.4, 0.5) is 5.69 Å². The lowest BCUT2D eigenvalue weighted by molar-refractivity contribution is 0.289. The van der Waals surface area contributed by atoms with Gasteiger partial charge in [-0.15, -0.1) is 0 Å². The number of ether oxygens (including phenoxy) is 1. The van der Waals surface area contributed by atoms with Crippen molar-refractivity contribution in [2.75, 3.05) is 26.2 Å². The molecule has 0 amide bonds. The van der Waals surface area contributed by atoms with Crippen molar-refractivity contribution in [3.63, 3.8) is 0 Å². The molecule has 3 N–H and O–H groups in total. The summed E-state index contributed by atoms with van der Waals surface area (Å²) in [6.07, 6.45) is 1.99. The highest BCUT2D eigenvalue weighted by Gasteiger charge is 2.12. The minimum absolute atomic E-state index is 0.382. The molecule has 1 aromatic rings. The number of rotatable bonds is 10. The summed E-state index contributed by atoms with van der Waals surface area (Å²) in [5.41, 5.74) is 6.53. The largest absolute Gasteiger partial charge is 0.494 e. The van der Waals surface area contributed by atoms with Gasteiger partial charge in [0.2, 0.25) is 0 Å². The molecule has 0 aliphatic rings. The van der Waals surface area contributed by atoms with Crippen LogP contribution in [0.2, 0.25) is 0 Å². The summed E-state index contributed by atoms with van der Waals surface area (Å²) in [6.45, 7) is 14.1. The molecule has 0 atom stereocenters. The van der Waals surface area contributed by atoms with Crippen LogP contribution in [-0.4, -0.2) is 43.1 Å². The number of hydrogen-bond acceptors (Lipinski definition) is 3. The Balaban J connectivity index is 2.80. The number of nitrogens with one attached hydrogen (secondary N) is 1. The molecule has 0 aliphatic carbocycles. The number of nitrogens with two attached hydrogens (primary N) is 1. The molecule has 5 heteroatoms. The van der Waals surface area contributed by atoms with Gasteiger partial charge in [-0.2, -0.15) is 0 Å². The van der Waals surface area contributed by atoms with E-state index in [1.165, 1.54) is 0 Å². The van der Waals surface area contributed by atoms with Crippen molar-refractivity contribution in [2.24, 2.45) is 16.6 Å². The fourth-order valence-electron chi connectivity index (χ4n) is 2.42. The van der Waals surface area contributed by atoms with Crippen molar-refractivity contribution in [3.8, 4) is 5.75 Å². The molecule has 0 aromatic heterocycles. The number of aliphatic imine (C=N–C) groups is 1. The van der Waals surface area contributed by atoms with Crippen LogP contribution in [0.15, 0.2) is 29.3 Å². The van der Waals surface area contributed by atoms with E-state index in [4.69, 9.17) is 15.5 Å². The van der Waals surface area contributed by atoms with E-state index in [0.717, 1.165) is 49.9 Å². The lowest BCUT2D eigenvalue weighted by atomic mass is 10.1. The van der Waals surface area contributed by atoms with Crippen LogP contribution in [0.3, 0.4) is 0 Å². The van der Waals surface area contributed by atoms with Gasteiger partial charge in [0.1, 0.15) is 5.75 Å². The third kappa shape index (κ3) is 8.25. The minimum Gasteiger partial charge on any atom is -0.494 e. The Morgan fingerprint density at radius 3 is 2.40 bits per heavy atom. The fraction of sp³-hybridized carbons (Fsp3) is 0.650. The second kappa shape index (κ2) is 11.7. The molecule has 0 radical (unpaired) electrons. The second-order valence-electron chi connectivity index (χ2n) is 6.91. The second-order valence-corrected chi connectivity index (χ2v) is 6.91. The molecule has 0 saturated carbocycles. The maximum Gasteiger partial charge on any atom is 0.199 e. The highest BCUT2D eigenvalue weighted by molar-refractivity contribution is 5.83. The van der Waals surface area contributed by atoms with E-state index in [9.17, 15) is 0 Å². The van der Waals surface area contributed by atoms with Gasteiger partial charge >= 0.3 is 0 Å². The lowest BCUT2D eigenvalue weighted by Gasteiger charge is -2.29. The van der Waals surface area contributed by atoms with Crippen molar-refractivity contribution >= 4 is 11.6 Å². The van der Waals surface area contributed by atoms with Gasteiger partial charge in [0.05, 0.1) is 12.3 Å². The molecule has 5 nitrogen and oxygen atoms in total. The number of hydrogen-bond donors (Lipinski definition) is 2. The summed E-state index contributed by atoms with van der Waals surface area (Å²) < 4.78 is 5.77. The van der Waals surface area contributed by atoms with Crippen LogP contribution < -0.4 is 15.8 Å². The Bertz CT molecular complexity index is 497. The van der Waals surface area contributed by atoms with Crippen molar-refractivity contribution in [1.29, 1.82) is 0 Å². The Morgan fingerprint density at radius 2 is 1.88 bits per heavy atom. The molecule has 0 spiro atoms. The van der Waals surface area contributed by atoms with E-state index in [-0.39, 0.29) is 0 Å². The minimum atomic E-state index is 0.382. The highest BCUT2D eigenvalue weighted by Crippen LogP contribution is 2.19. The van der Waals surface area contributed by atoms with Crippen LogP contribution in [0.5, 0.6) is 5.75 Å². The van der Waals surface area contributed by atoms with Gasteiger partial charge in [-0.25, -0.2) is 4.99 Å². The summed E-state index contributed by atoms with van der Waals surface area (Å²) in [5, 5.41) is 3.43. The first-order valence-electron chi connectivity index (χ1n) is 9.50. The Kier molecular flexibility index (Phi) is 10.0. The maximum absolute atomic E-state index is 5.77. The summed E-state index contributed by atoms with van der Waals surface area (Å²) in [5.74, 6) is 2.45. The van der Waals surface area contributed by atoms with Crippen LogP contribution >= 0.6 is 0 Å². The zero-order valence-electron chi connectivity index (χ0n) is 16.6. The van der Waals surface area contributed by atoms with E-state index < -0.39 is 0 Å². The molecule has 0 aliphatic heterocycles. The van der Waals surface area contributed by atoms with Crippen LogP contribution in [-0.2, 0) is 0 Å². The first-order valence-corrected chi connectivity index (χ1v) is 9.50. The Hall–Kier alpha value is -1.75. The first kappa shape index (κ1) is 21.3. The van der Waals surface area contributed by atoms with Crippen LogP contribution in [0.1, 0.15) is 47.5 Å². The maximum atomic E-state index is 5.77. The summed E-state index contributed by atoms with van der Waals surface area (Å²) in [4.78, 5) is 7.06. The molecular formula is C20H36N4O. The van der Waals surface area contributed by atoms with Gasteiger partial charge in [-0.3, -0.25) is 0 Å². The van der Waals surface area contributed by atoms with E-state index >= 15 is 0 Å². The van der Waals surface area contributed by atoms with E-state index in [0.29, 0.717) is 18.5 Å². The molecule has 1 rings (SSSR count). The molecule has 0 fully saturated rings. The Morgan fingerprint density at radius 1 is 1.20 bits per heavy atom. The van der Waals surface area contributed by atoms with Crippen molar-refractivity contribution < 1.29 is 4.74 Å². The van der Waals surface area contributed by atoms with E-state index in [1.54, 1.807) is 0 Å². The van der Waals surface area contributed by atoms with Gasteiger partial charge in [0, 0.05) is 19.1 Å². The zero-order valence-corrected chi connectivity index (χ0v) is 16.6. The van der Waals surface area contributed by atoms with E-state index in [2.05, 4.69) is 44.8 Å². The van der Waals surface area contributed by atoms with Crippen molar-refractivity contribution in [1.82, 2.24) is 10.2 Å². The summed E-state index contributed by atoms with van der Waals surface area (Å²) >= 11 is 0. The molecule has 0 unspecified atom stereocenters. The average Bonchev–Trinajstić information content (AvgIpc) is 2.56. The topological polar surface area (TPSA) is 62.9 Å². The van der Waals surface area contributed by atoms with Gasteiger partial charge < -0.3 is 20.7 Å². The summed E-state index contributed by atoms with van der Waals surface area (Å²) in [6, 6.07) is 8.37. The normalized spacial score (nSPS) is 11.9. The predicted molar refractivity (Wildman–Crippen MR) is 108 cm³/mol. The summed E-state index contributed by atoms with van der Waals surface area (Å²) in [7, 11) is 0. The quantitative estimate of drug-likeness (QED) is 0.384. The van der Waals surface area contributed by atoms with Gasteiger partial charge in [0.25, 0.3) is 0 Å². The van der Waals surface area contributed by atoms with Gasteiger partial charge in [0.15, 0.2) is 5.96 Å². The zero-order chi connectivity index (χ0) is 18.7. The number of nitrogens with zero attached hydrogens (tertiary/aromatic N) is 2. The average molecular weight is 349 g/mol. The van der Waals surface area contributed by atoms with Crippen LogP contribution in [0, 0.1) is 5.92 Å². The molecule has 0 saturated heterocycles. The smallest absolute Gasteiger partial charge is 0.199 e. The third-order valence-corrected chi connectivity index (χ3v) is 3.94. The van der Waals surface area contributed by atoms with Gasteiger partial charge in [-0.1, -0.05) is 13.8 Å². The van der Waals surface area contributed by atoms with Crippen molar-refractivity contribution in [2.45, 2.75) is 53.5 Å². The lowest BCUT2D eigenvalue weighted by Crippen LogP contribution is -2.45. The Labute approximate surface area is 153 Å². The van der Waals surface area contributed by atoms with Crippen LogP contribution in [0.25, 0.3) is 0 Å². The molecule has 25 heavy (non-hydrogen) atoms. The molecule has 0 bridgehead atoms. The predicted octanol–water partition coefficient (Wildman–Crippen LogP) is 3.77. The monoisotopic (exact) mass is 348 g/mol. The highest BCUT2D eigenvalue weighted by atomic mass is 16.5. The first-order chi connectivity index (χ1) is 12.0. The fourth-order valence-corrected chi connectivity index (χ4v) is 2.42. The standard InChI is InChI=1S/C20H36N4O/c1-6-24(17(4)5)20(22-14-7-13-21)23-18-8-10-19(11-9-18)25-15-12-16(2)3/h8-11,16-17H,6-7,12-15,21H2,1-5H3,(H,22,23).